The van der Waals surface area contributed by atoms with Crippen LogP contribution in [0.4, 0.5) is 28.4 Å². The minimum Gasteiger partial charge on any atom is -0.454 e. The molecule has 0 aliphatic heterocycles. The third kappa shape index (κ3) is 7.31. The number of hydrogen-bond donors (Lipinski definition) is 0. The number of nitrogens with zero attached hydrogens (tertiary/aromatic N) is 2. The molecular formula is C75H64N2O. The lowest BCUT2D eigenvalue weighted by atomic mass is 9.67. The van der Waals surface area contributed by atoms with Gasteiger partial charge < -0.3 is 14.2 Å². The van der Waals surface area contributed by atoms with Crippen molar-refractivity contribution in [3.8, 4) is 22.3 Å². The van der Waals surface area contributed by atoms with Crippen LogP contribution >= 0.6 is 0 Å². The number of anilines is 5. The highest BCUT2D eigenvalue weighted by atomic mass is 16.3. The van der Waals surface area contributed by atoms with Crippen molar-refractivity contribution in [3.63, 3.8) is 0 Å². The van der Waals surface area contributed by atoms with E-state index in [-0.39, 0.29) is 0 Å². The molecule has 1 atom stereocenters. The first-order valence-corrected chi connectivity index (χ1v) is 28.3. The third-order valence-corrected chi connectivity index (χ3v) is 17.8. The monoisotopic (exact) mass is 1010 g/mol. The van der Waals surface area contributed by atoms with Gasteiger partial charge in [-0.05, 0) is 210 Å². The minimum absolute atomic E-state index is 0.610. The van der Waals surface area contributed by atoms with Crippen molar-refractivity contribution >= 4 is 62.0 Å². The molecule has 1 spiro atoms. The Morgan fingerprint density at radius 1 is 0.603 bits per heavy atom. The predicted molar refractivity (Wildman–Crippen MR) is 330 cm³/mol. The first-order valence-electron chi connectivity index (χ1n) is 28.3. The molecule has 380 valence electrons. The summed E-state index contributed by atoms with van der Waals surface area (Å²) in [6, 6.07) is 59.2. The van der Waals surface area contributed by atoms with Crippen molar-refractivity contribution in [3.05, 3.63) is 279 Å². The smallest absolute Gasteiger partial charge is 0.160 e. The van der Waals surface area contributed by atoms with Gasteiger partial charge >= 0.3 is 0 Å². The second kappa shape index (κ2) is 19.1. The van der Waals surface area contributed by atoms with Crippen LogP contribution in [0.15, 0.2) is 234 Å². The van der Waals surface area contributed by atoms with E-state index >= 15 is 0 Å². The molecule has 3 heteroatoms. The van der Waals surface area contributed by atoms with E-state index in [1.165, 1.54) is 117 Å². The average molecular weight is 1010 g/mol. The zero-order valence-electron chi connectivity index (χ0n) is 45.3. The minimum atomic E-state index is -0.610. The molecule has 3 nitrogen and oxygen atoms in total. The second-order valence-electron chi connectivity index (χ2n) is 22.1. The highest BCUT2D eigenvalue weighted by Crippen LogP contribution is 2.68. The van der Waals surface area contributed by atoms with Gasteiger partial charge in [-0.15, -0.1) is 0 Å². The number of hydrogen-bond acceptors (Lipinski definition) is 3. The maximum absolute atomic E-state index is 7.45. The van der Waals surface area contributed by atoms with Gasteiger partial charge in [-0.1, -0.05) is 176 Å². The van der Waals surface area contributed by atoms with Gasteiger partial charge in [-0.25, -0.2) is 0 Å². The van der Waals surface area contributed by atoms with Crippen LogP contribution in [0, 0.1) is 20.8 Å². The Balaban J connectivity index is 1.10. The van der Waals surface area contributed by atoms with Crippen molar-refractivity contribution in [2.75, 3.05) is 16.3 Å². The highest BCUT2D eigenvalue weighted by Gasteiger charge is 2.55. The van der Waals surface area contributed by atoms with Crippen LogP contribution in [-0.2, 0) is 11.8 Å². The summed E-state index contributed by atoms with van der Waals surface area (Å²) in [6.07, 6.45) is 25.7. The van der Waals surface area contributed by atoms with Gasteiger partial charge in [0.05, 0.1) is 11.1 Å². The second-order valence-corrected chi connectivity index (χ2v) is 22.1. The van der Waals surface area contributed by atoms with Crippen LogP contribution in [0.2, 0.25) is 0 Å². The fourth-order valence-electron chi connectivity index (χ4n) is 14.2. The zero-order valence-corrected chi connectivity index (χ0v) is 45.3. The molecule has 0 saturated carbocycles. The van der Waals surface area contributed by atoms with Crippen molar-refractivity contribution in [1.82, 2.24) is 0 Å². The lowest BCUT2D eigenvalue weighted by molar-refractivity contribution is 0.668. The number of para-hydroxylation sites is 3. The summed E-state index contributed by atoms with van der Waals surface area (Å²) in [5.41, 5.74) is 30.6. The van der Waals surface area contributed by atoms with Crippen molar-refractivity contribution in [2.24, 2.45) is 0 Å². The fourth-order valence-corrected chi connectivity index (χ4v) is 14.2. The Kier molecular flexibility index (Phi) is 11.7. The molecule has 14 rings (SSSR count). The van der Waals surface area contributed by atoms with Crippen LogP contribution in [0.1, 0.15) is 95.5 Å². The molecular weight excluding hydrogens is 945 g/mol. The van der Waals surface area contributed by atoms with Gasteiger partial charge in [-0.3, -0.25) is 0 Å². The molecule has 1 aromatic heterocycles. The summed E-state index contributed by atoms with van der Waals surface area (Å²) in [5.74, 6) is 0. The van der Waals surface area contributed by atoms with Gasteiger partial charge in [0, 0.05) is 40.1 Å². The third-order valence-electron chi connectivity index (χ3n) is 17.8. The largest absolute Gasteiger partial charge is 0.454 e. The first-order chi connectivity index (χ1) is 38.3. The average Bonchev–Trinajstić information content (AvgIpc) is 3.16. The summed E-state index contributed by atoms with van der Waals surface area (Å²) >= 11 is 0. The molecule has 1 heterocycles. The molecule has 0 bridgehead atoms. The van der Waals surface area contributed by atoms with Crippen molar-refractivity contribution in [1.29, 1.82) is 0 Å². The number of rotatable bonds is 11. The van der Waals surface area contributed by atoms with E-state index in [1.54, 1.807) is 0 Å². The van der Waals surface area contributed by atoms with Gasteiger partial charge in [0.15, 0.2) is 5.58 Å². The van der Waals surface area contributed by atoms with Gasteiger partial charge in [0.2, 0.25) is 0 Å². The van der Waals surface area contributed by atoms with E-state index in [2.05, 4.69) is 250 Å². The SMILES string of the molecule is C=C/C(C1=CCCC=C1)=C(/C)CCN(c1ccccc1C)c1cc2c(c3c1CCC=C3)-c1c(cc(N(c3ccc(C)c(-c4ccccc4)c3)c3ccccc3C)c3oc4ccccc4c13)C21C2=C(C=CCC2)c2ccccc21. The quantitative estimate of drug-likeness (QED) is 0.120. The molecule has 78 heavy (non-hydrogen) atoms. The van der Waals surface area contributed by atoms with E-state index in [9.17, 15) is 0 Å². The number of allylic oxidation sites excluding steroid dienone is 11. The van der Waals surface area contributed by atoms with E-state index in [4.69, 9.17) is 4.42 Å². The van der Waals surface area contributed by atoms with E-state index in [1.807, 2.05) is 0 Å². The zero-order chi connectivity index (χ0) is 52.6. The summed E-state index contributed by atoms with van der Waals surface area (Å²) in [5, 5.41) is 2.31. The van der Waals surface area contributed by atoms with Crippen LogP contribution < -0.4 is 9.80 Å². The topological polar surface area (TPSA) is 19.6 Å². The molecule has 0 amide bonds. The predicted octanol–water partition coefficient (Wildman–Crippen LogP) is 20.3. The molecule has 5 aliphatic rings. The number of aryl methyl sites for hydroxylation is 3. The van der Waals surface area contributed by atoms with Crippen LogP contribution in [0.5, 0.6) is 0 Å². The Bertz CT molecular complexity index is 4170. The normalized spacial score (nSPS) is 16.9. The van der Waals surface area contributed by atoms with E-state index < -0.39 is 5.41 Å². The summed E-state index contributed by atoms with van der Waals surface area (Å²) in [7, 11) is 0. The van der Waals surface area contributed by atoms with Crippen molar-refractivity contribution < 1.29 is 4.42 Å². The Morgan fingerprint density at radius 2 is 1.31 bits per heavy atom. The summed E-state index contributed by atoms with van der Waals surface area (Å²) in [6.45, 7) is 14.3. The van der Waals surface area contributed by atoms with E-state index in [0.717, 1.165) is 85.1 Å². The molecule has 1 unspecified atom stereocenters. The van der Waals surface area contributed by atoms with Gasteiger partial charge in [0.25, 0.3) is 0 Å². The lowest BCUT2D eigenvalue weighted by Gasteiger charge is -2.37. The maximum atomic E-state index is 7.45. The molecule has 8 aromatic carbocycles. The highest BCUT2D eigenvalue weighted by molar-refractivity contribution is 6.21. The lowest BCUT2D eigenvalue weighted by Crippen LogP contribution is -2.29. The van der Waals surface area contributed by atoms with Crippen LogP contribution in [-0.4, -0.2) is 6.54 Å². The summed E-state index contributed by atoms with van der Waals surface area (Å²) in [4.78, 5) is 5.19. The Hall–Kier alpha value is -8.66. The van der Waals surface area contributed by atoms with Gasteiger partial charge in [0.1, 0.15) is 5.58 Å². The summed E-state index contributed by atoms with van der Waals surface area (Å²) < 4.78 is 7.45. The molecule has 0 fully saturated rings. The molecule has 5 aliphatic carbocycles. The Labute approximate surface area is 459 Å². The molecule has 9 aromatic rings. The molecule has 0 saturated heterocycles. The Morgan fingerprint density at radius 3 is 2.12 bits per heavy atom. The molecule has 0 radical (unpaired) electrons. The van der Waals surface area contributed by atoms with E-state index in [0.29, 0.717) is 0 Å². The maximum Gasteiger partial charge on any atom is 0.160 e. The number of furan rings is 1. The van der Waals surface area contributed by atoms with Crippen molar-refractivity contribution in [2.45, 2.75) is 78.1 Å². The fraction of sp³-hybridized carbons (Fsp3) is 0.173. The standard InChI is InChI=1S/C75H64N2O/c1-6-55(52-27-9-7-10-28-52)49(3)43-44-76(66-38-22-13-25-50(66)4)68-46-64-71(59-34-16-15-33-58(59)68)73-65(75(64)62-36-20-17-31-56(62)57-32-18-21-37-63(57)75)47-69(74-72(73)60-35-19-24-40-70(60)78-74)77(67-39-23-14-26-51(67)5)54-42-41-48(2)61(45-54)53-29-11-8-12-30-53/h6,8-9,11-14,16-20,22-32,34-36,38-42,45-47H,1,7,10,15,21,33,37,43-44H2,2-5H3/b55-49+. The van der Waals surface area contributed by atoms with Crippen LogP contribution in [0.3, 0.4) is 0 Å². The molecule has 0 N–H and O–H groups in total. The number of fused-ring (bicyclic) bond motifs is 15. The van der Waals surface area contributed by atoms with Gasteiger partial charge in [-0.2, -0.15) is 0 Å². The first kappa shape index (κ1) is 47.8. The van der Waals surface area contributed by atoms with Crippen LogP contribution in [0.25, 0.3) is 55.8 Å². The number of benzene rings is 8.